The summed E-state index contributed by atoms with van der Waals surface area (Å²) in [6.07, 6.45) is 4.06. The number of esters is 1. The van der Waals surface area contributed by atoms with E-state index in [0.717, 1.165) is 29.5 Å². The number of carbonyl (C=O) groups excluding carboxylic acids is 2. The van der Waals surface area contributed by atoms with Crippen LogP contribution in [0.4, 0.5) is 11.4 Å². The minimum absolute atomic E-state index is 0.0122. The molecule has 10 heteroatoms. The largest absolute Gasteiger partial charge is 0.495 e. The first-order valence-electron chi connectivity index (χ1n) is 12.5. The predicted octanol–water partition coefficient (Wildman–Crippen LogP) is 6.48. The molecule has 0 atom stereocenters. The van der Waals surface area contributed by atoms with Gasteiger partial charge in [0.1, 0.15) is 5.75 Å². The number of ether oxygens (including phenoxy) is 2. The van der Waals surface area contributed by atoms with Crippen molar-refractivity contribution in [3.63, 3.8) is 0 Å². The van der Waals surface area contributed by atoms with Crippen molar-refractivity contribution in [2.45, 2.75) is 19.3 Å². The molecule has 0 unspecified atom stereocenters. The van der Waals surface area contributed by atoms with Gasteiger partial charge in [-0.1, -0.05) is 29.8 Å². The Morgan fingerprint density at radius 1 is 1.10 bits per heavy atom. The molecule has 0 spiro atoms. The molecule has 0 bridgehead atoms. The third-order valence-corrected chi connectivity index (χ3v) is 6.82. The highest BCUT2D eigenvalue weighted by atomic mass is 35.5. The van der Waals surface area contributed by atoms with Crippen LogP contribution in [0.5, 0.6) is 5.75 Å². The zero-order chi connectivity index (χ0) is 28.2. The molecule has 202 valence electrons. The molecule has 1 aliphatic rings. The van der Waals surface area contributed by atoms with Gasteiger partial charge in [-0.25, -0.2) is 9.78 Å². The summed E-state index contributed by atoms with van der Waals surface area (Å²) in [4.78, 5) is 41.6. The molecule has 0 aliphatic heterocycles. The Morgan fingerprint density at radius 2 is 1.88 bits per heavy atom. The Balaban J connectivity index is 1.44. The van der Waals surface area contributed by atoms with E-state index >= 15 is 0 Å². The van der Waals surface area contributed by atoms with E-state index in [1.807, 2.05) is 30.3 Å². The van der Waals surface area contributed by atoms with Crippen molar-refractivity contribution in [3.8, 4) is 5.75 Å². The first kappa shape index (κ1) is 26.8. The van der Waals surface area contributed by atoms with Gasteiger partial charge in [-0.15, -0.1) is 0 Å². The SMILES string of the molecule is COc1ccc(Cl)cc1NC(=O)COC(=O)c1c2c(nc3ccccc13)/C(=C\c1ccc([N+](=O)[O-])cc1)CCC2. The van der Waals surface area contributed by atoms with E-state index in [9.17, 15) is 19.7 Å². The third-order valence-electron chi connectivity index (χ3n) is 6.59. The van der Waals surface area contributed by atoms with Crippen molar-refractivity contribution in [3.05, 3.63) is 104 Å². The van der Waals surface area contributed by atoms with Crippen molar-refractivity contribution < 1.29 is 24.0 Å². The van der Waals surface area contributed by atoms with Crippen molar-refractivity contribution in [1.29, 1.82) is 0 Å². The number of allylic oxidation sites excluding steroid dienone is 1. The number of halogens is 1. The van der Waals surface area contributed by atoms with Crippen molar-refractivity contribution >= 4 is 57.4 Å². The maximum Gasteiger partial charge on any atom is 0.339 e. The number of rotatable bonds is 7. The Morgan fingerprint density at radius 3 is 2.62 bits per heavy atom. The molecule has 0 radical (unpaired) electrons. The molecular formula is C30H24ClN3O6. The van der Waals surface area contributed by atoms with Gasteiger partial charge in [0.15, 0.2) is 6.61 Å². The van der Waals surface area contributed by atoms with Gasteiger partial charge in [-0.3, -0.25) is 14.9 Å². The van der Waals surface area contributed by atoms with E-state index in [1.54, 1.807) is 30.3 Å². The lowest BCUT2D eigenvalue weighted by Gasteiger charge is -2.22. The zero-order valence-corrected chi connectivity index (χ0v) is 22.2. The molecule has 5 rings (SSSR count). The van der Waals surface area contributed by atoms with Crippen LogP contribution < -0.4 is 10.1 Å². The van der Waals surface area contributed by atoms with Crippen LogP contribution in [0, 0.1) is 10.1 Å². The maximum atomic E-state index is 13.5. The van der Waals surface area contributed by atoms with Gasteiger partial charge in [0, 0.05) is 22.5 Å². The number of methoxy groups -OCH3 is 1. The highest BCUT2D eigenvalue weighted by molar-refractivity contribution is 6.31. The number of hydrogen-bond acceptors (Lipinski definition) is 7. The first-order valence-corrected chi connectivity index (χ1v) is 12.9. The van der Waals surface area contributed by atoms with Gasteiger partial charge in [-0.2, -0.15) is 0 Å². The highest BCUT2D eigenvalue weighted by Gasteiger charge is 2.26. The number of nitrogens with zero attached hydrogens (tertiary/aromatic N) is 2. The fraction of sp³-hybridized carbons (Fsp3) is 0.167. The second-order valence-electron chi connectivity index (χ2n) is 9.17. The van der Waals surface area contributed by atoms with Crippen LogP contribution >= 0.6 is 11.6 Å². The molecule has 0 fully saturated rings. The second kappa shape index (κ2) is 11.5. The molecular weight excluding hydrogens is 534 g/mol. The Labute approximate surface area is 234 Å². The van der Waals surface area contributed by atoms with E-state index < -0.39 is 23.4 Å². The number of non-ortho nitro benzene ring substituents is 1. The van der Waals surface area contributed by atoms with Crippen molar-refractivity contribution in [2.24, 2.45) is 0 Å². The summed E-state index contributed by atoms with van der Waals surface area (Å²) in [6, 6.07) is 18.4. The number of amides is 1. The summed E-state index contributed by atoms with van der Waals surface area (Å²) in [7, 11) is 1.47. The predicted molar refractivity (Wildman–Crippen MR) is 153 cm³/mol. The number of carbonyl (C=O) groups is 2. The molecule has 0 saturated heterocycles. The summed E-state index contributed by atoms with van der Waals surface area (Å²) >= 11 is 6.04. The molecule has 1 N–H and O–H groups in total. The highest BCUT2D eigenvalue weighted by Crippen LogP contribution is 2.36. The molecule has 40 heavy (non-hydrogen) atoms. The van der Waals surface area contributed by atoms with Gasteiger partial charge in [0.05, 0.1) is 34.5 Å². The number of pyridine rings is 1. The smallest absolute Gasteiger partial charge is 0.339 e. The molecule has 3 aromatic carbocycles. The van der Waals surface area contributed by atoms with E-state index in [1.165, 1.54) is 19.2 Å². The summed E-state index contributed by atoms with van der Waals surface area (Å²) < 4.78 is 10.7. The zero-order valence-electron chi connectivity index (χ0n) is 21.5. The van der Waals surface area contributed by atoms with E-state index in [-0.39, 0.29) is 5.69 Å². The van der Waals surface area contributed by atoms with Crippen LogP contribution in [-0.4, -0.2) is 35.5 Å². The summed E-state index contributed by atoms with van der Waals surface area (Å²) in [5.41, 5.74) is 4.52. The lowest BCUT2D eigenvalue weighted by Crippen LogP contribution is -2.22. The molecule has 0 saturated carbocycles. The van der Waals surface area contributed by atoms with E-state index in [2.05, 4.69) is 5.32 Å². The fourth-order valence-electron chi connectivity index (χ4n) is 4.77. The van der Waals surface area contributed by atoms with Crippen LogP contribution in [0.15, 0.2) is 66.7 Å². The molecule has 4 aromatic rings. The minimum Gasteiger partial charge on any atom is -0.495 e. The Kier molecular flexibility index (Phi) is 7.75. The number of nitro groups is 1. The lowest BCUT2D eigenvalue weighted by atomic mass is 9.86. The molecule has 1 aromatic heterocycles. The van der Waals surface area contributed by atoms with Crippen LogP contribution in [0.3, 0.4) is 0 Å². The molecule has 9 nitrogen and oxygen atoms in total. The van der Waals surface area contributed by atoms with E-state index in [0.29, 0.717) is 45.0 Å². The Hall–Kier alpha value is -4.76. The summed E-state index contributed by atoms with van der Waals surface area (Å²) in [5.74, 6) is -0.745. The lowest BCUT2D eigenvalue weighted by molar-refractivity contribution is -0.384. The number of para-hydroxylation sites is 1. The Bertz CT molecular complexity index is 1670. The average molecular weight is 558 g/mol. The van der Waals surface area contributed by atoms with E-state index in [4.69, 9.17) is 26.1 Å². The van der Waals surface area contributed by atoms with Crippen LogP contribution in [0.1, 0.15) is 40.0 Å². The van der Waals surface area contributed by atoms with Crippen molar-refractivity contribution in [1.82, 2.24) is 4.98 Å². The normalized spacial score (nSPS) is 13.5. The standard InChI is InChI=1S/C30H24ClN3O6/c1-39-26-14-11-20(31)16-25(26)32-27(35)17-40-30(36)28-22-6-2-3-8-24(22)33-29-19(5-4-7-23(28)29)15-18-9-12-21(13-10-18)34(37)38/h2-3,6,8-16H,4-5,7,17H2,1H3,(H,32,35)/b19-15-. The average Bonchev–Trinajstić information content (AvgIpc) is 2.95. The second-order valence-corrected chi connectivity index (χ2v) is 9.61. The first-order chi connectivity index (χ1) is 19.3. The molecule has 1 amide bonds. The monoisotopic (exact) mass is 557 g/mol. The number of benzene rings is 3. The van der Waals surface area contributed by atoms with Crippen LogP contribution in [0.2, 0.25) is 5.02 Å². The topological polar surface area (TPSA) is 121 Å². The minimum atomic E-state index is -0.625. The van der Waals surface area contributed by atoms with Crippen LogP contribution in [-0.2, 0) is 16.0 Å². The number of aromatic nitrogens is 1. The number of nitro benzene ring substituents is 1. The van der Waals surface area contributed by atoms with Crippen molar-refractivity contribution in [2.75, 3.05) is 19.0 Å². The van der Waals surface area contributed by atoms with Gasteiger partial charge in [-0.05, 0) is 78.4 Å². The molecule has 1 heterocycles. The van der Waals surface area contributed by atoms with Crippen LogP contribution in [0.25, 0.3) is 22.6 Å². The number of anilines is 1. The number of fused-ring (bicyclic) bond motifs is 2. The molecule has 1 aliphatic carbocycles. The fourth-order valence-corrected chi connectivity index (χ4v) is 4.94. The summed E-state index contributed by atoms with van der Waals surface area (Å²) in [5, 5.41) is 14.7. The van der Waals surface area contributed by atoms with Gasteiger partial charge >= 0.3 is 5.97 Å². The van der Waals surface area contributed by atoms with Gasteiger partial charge < -0.3 is 14.8 Å². The summed E-state index contributed by atoms with van der Waals surface area (Å²) in [6.45, 7) is -0.509. The van der Waals surface area contributed by atoms with Gasteiger partial charge in [0.25, 0.3) is 11.6 Å². The number of nitrogens with one attached hydrogen (secondary N) is 1. The van der Waals surface area contributed by atoms with Gasteiger partial charge in [0.2, 0.25) is 0 Å². The number of hydrogen-bond donors (Lipinski definition) is 1. The maximum absolute atomic E-state index is 13.5. The quantitative estimate of drug-likeness (QED) is 0.157. The third kappa shape index (κ3) is 5.64.